The van der Waals surface area contributed by atoms with Gasteiger partial charge in [0, 0.05) is 11.3 Å². The Morgan fingerprint density at radius 1 is 1.23 bits per heavy atom. The number of nitrogens with one attached hydrogen (secondary N) is 1. The van der Waals surface area contributed by atoms with Gasteiger partial charge < -0.3 is 15.8 Å². The van der Waals surface area contributed by atoms with E-state index in [1.807, 2.05) is 0 Å². The minimum Gasteiger partial charge on any atom is -0.484 e. The van der Waals surface area contributed by atoms with Gasteiger partial charge in [-0.1, -0.05) is 12.1 Å². The van der Waals surface area contributed by atoms with Gasteiger partial charge in [0.05, 0.1) is 0 Å². The van der Waals surface area contributed by atoms with Gasteiger partial charge in [0.25, 0.3) is 11.8 Å². The molecule has 2 amide bonds. The summed E-state index contributed by atoms with van der Waals surface area (Å²) in [6, 6.07) is 10.4. The van der Waals surface area contributed by atoms with E-state index in [2.05, 4.69) is 5.32 Å². The molecule has 0 aliphatic heterocycles. The number of rotatable bonds is 5. The Kier molecular flexibility index (Phi) is 4.73. The Bertz CT molecular complexity index is 716. The molecule has 2 aromatic rings. The third-order valence-electron chi connectivity index (χ3n) is 2.93. The molecule has 22 heavy (non-hydrogen) atoms. The molecule has 0 atom stereocenters. The average Bonchev–Trinajstić information content (AvgIpc) is 2.49. The number of anilines is 1. The van der Waals surface area contributed by atoms with Crippen LogP contribution in [0.25, 0.3) is 0 Å². The minimum absolute atomic E-state index is 0.270. The summed E-state index contributed by atoms with van der Waals surface area (Å²) in [4.78, 5) is 22.9. The molecule has 3 N–H and O–H groups in total. The van der Waals surface area contributed by atoms with Gasteiger partial charge in [0.2, 0.25) is 0 Å². The van der Waals surface area contributed by atoms with Gasteiger partial charge in [-0.25, -0.2) is 4.39 Å². The molecule has 6 heteroatoms. The first kappa shape index (κ1) is 15.5. The number of carbonyl (C=O) groups is 2. The second-order valence-electron chi connectivity index (χ2n) is 4.70. The molecule has 0 unspecified atom stereocenters. The Morgan fingerprint density at radius 3 is 2.73 bits per heavy atom. The zero-order valence-electron chi connectivity index (χ0n) is 11.9. The molecule has 2 rings (SSSR count). The third kappa shape index (κ3) is 4.05. The van der Waals surface area contributed by atoms with Crippen molar-refractivity contribution in [2.75, 3.05) is 11.9 Å². The average molecular weight is 302 g/mol. The van der Waals surface area contributed by atoms with Gasteiger partial charge in [0.15, 0.2) is 6.61 Å². The number of benzene rings is 2. The van der Waals surface area contributed by atoms with E-state index in [-0.39, 0.29) is 6.61 Å². The Hall–Kier alpha value is -2.89. The van der Waals surface area contributed by atoms with Crippen molar-refractivity contribution >= 4 is 17.5 Å². The molecule has 0 radical (unpaired) electrons. The number of hydrogen-bond donors (Lipinski definition) is 2. The molecule has 0 heterocycles. The van der Waals surface area contributed by atoms with E-state index in [1.54, 1.807) is 31.2 Å². The third-order valence-corrected chi connectivity index (χ3v) is 2.93. The Morgan fingerprint density at radius 2 is 2.00 bits per heavy atom. The fourth-order valence-corrected chi connectivity index (χ4v) is 1.80. The fraction of sp³-hybridized carbons (Fsp3) is 0.125. The van der Waals surface area contributed by atoms with E-state index in [4.69, 9.17) is 10.5 Å². The number of aryl methyl sites for hydroxylation is 1. The first-order valence-electron chi connectivity index (χ1n) is 6.54. The van der Waals surface area contributed by atoms with Gasteiger partial charge in [-0.2, -0.15) is 0 Å². The summed E-state index contributed by atoms with van der Waals surface area (Å²) in [5.74, 6) is -1.09. The lowest BCUT2D eigenvalue weighted by molar-refractivity contribution is -0.119. The summed E-state index contributed by atoms with van der Waals surface area (Å²) in [6.45, 7) is 1.50. The molecule has 0 aromatic heterocycles. The van der Waals surface area contributed by atoms with Crippen LogP contribution < -0.4 is 15.8 Å². The van der Waals surface area contributed by atoms with Gasteiger partial charge in [-0.15, -0.1) is 0 Å². The van der Waals surface area contributed by atoms with E-state index in [0.717, 1.165) is 5.56 Å². The van der Waals surface area contributed by atoms with E-state index in [9.17, 15) is 14.0 Å². The molecule has 0 fully saturated rings. The van der Waals surface area contributed by atoms with Crippen molar-refractivity contribution in [3.8, 4) is 5.75 Å². The second-order valence-corrected chi connectivity index (χ2v) is 4.70. The van der Waals surface area contributed by atoms with Crippen LogP contribution in [0.3, 0.4) is 0 Å². The highest BCUT2D eigenvalue weighted by molar-refractivity contribution is 6.04. The zero-order chi connectivity index (χ0) is 16.1. The number of amides is 2. The van der Waals surface area contributed by atoms with Crippen molar-refractivity contribution < 1.29 is 18.7 Å². The Balaban J connectivity index is 2.14. The lowest BCUT2D eigenvalue weighted by Gasteiger charge is -2.10. The summed E-state index contributed by atoms with van der Waals surface area (Å²) in [6.07, 6.45) is 0. The van der Waals surface area contributed by atoms with Crippen molar-refractivity contribution in [2.45, 2.75) is 6.92 Å². The van der Waals surface area contributed by atoms with Crippen LogP contribution in [0.15, 0.2) is 42.5 Å². The number of halogens is 1. The zero-order valence-corrected chi connectivity index (χ0v) is 11.9. The summed E-state index contributed by atoms with van der Waals surface area (Å²) < 4.78 is 18.4. The molecule has 5 nitrogen and oxygen atoms in total. The normalized spacial score (nSPS) is 10.1. The minimum atomic E-state index is -0.606. The van der Waals surface area contributed by atoms with Gasteiger partial charge >= 0.3 is 0 Å². The summed E-state index contributed by atoms with van der Waals surface area (Å²) >= 11 is 0. The summed E-state index contributed by atoms with van der Waals surface area (Å²) in [5, 5.41) is 2.63. The van der Waals surface area contributed by atoms with Crippen molar-refractivity contribution in [1.29, 1.82) is 0 Å². The number of nitrogens with two attached hydrogens (primary N) is 1. The highest BCUT2D eigenvalue weighted by Crippen LogP contribution is 2.19. The molecule has 0 spiro atoms. The first-order valence-corrected chi connectivity index (χ1v) is 6.54. The molecule has 0 aliphatic rings. The second kappa shape index (κ2) is 6.71. The van der Waals surface area contributed by atoms with E-state index < -0.39 is 17.6 Å². The van der Waals surface area contributed by atoms with Crippen LogP contribution in [-0.4, -0.2) is 18.4 Å². The molecular formula is C16H15FN2O3. The van der Waals surface area contributed by atoms with Crippen LogP contribution in [0, 0.1) is 12.7 Å². The van der Waals surface area contributed by atoms with Crippen molar-refractivity contribution in [3.63, 3.8) is 0 Å². The number of hydrogen-bond acceptors (Lipinski definition) is 3. The van der Waals surface area contributed by atoms with Crippen LogP contribution in [-0.2, 0) is 4.79 Å². The van der Waals surface area contributed by atoms with Crippen LogP contribution in [0.2, 0.25) is 0 Å². The Labute approximate surface area is 126 Å². The van der Waals surface area contributed by atoms with Crippen LogP contribution in [0.1, 0.15) is 15.9 Å². The predicted octanol–water partition coefficient (Wildman–Crippen LogP) is 2.25. The maximum absolute atomic E-state index is 13.2. The smallest absolute Gasteiger partial charge is 0.255 e. The molecule has 0 saturated carbocycles. The lowest BCUT2D eigenvalue weighted by atomic mass is 10.1. The highest BCUT2D eigenvalue weighted by atomic mass is 19.1. The number of ether oxygens (including phenoxy) is 1. The fourth-order valence-electron chi connectivity index (χ4n) is 1.80. The molecular weight excluding hydrogens is 287 g/mol. The van der Waals surface area contributed by atoms with Crippen LogP contribution >= 0.6 is 0 Å². The molecule has 0 saturated heterocycles. The van der Waals surface area contributed by atoms with Crippen molar-refractivity contribution in [1.82, 2.24) is 0 Å². The SMILES string of the molecule is Cc1ccc(F)cc1NC(=O)c1cccc(OCC(N)=O)c1. The molecule has 114 valence electrons. The molecule has 0 aliphatic carbocycles. The predicted molar refractivity (Wildman–Crippen MR) is 80.2 cm³/mol. The highest BCUT2D eigenvalue weighted by Gasteiger charge is 2.10. The summed E-state index contributed by atoms with van der Waals surface area (Å²) in [7, 11) is 0. The van der Waals surface area contributed by atoms with Crippen molar-refractivity contribution in [2.24, 2.45) is 5.73 Å². The maximum Gasteiger partial charge on any atom is 0.255 e. The summed E-state index contributed by atoms with van der Waals surface area (Å²) in [5.41, 5.74) is 6.46. The van der Waals surface area contributed by atoms with Crippen LogP contribution in [0.5, 0.6) is 5.75 Å². The standard InChI is InChI=1S/C16H15FN2O3/c1-10-5-6-12(17)8-14(10)19-16(21)11-3-2-4-13(7-11)22-9-15(18)20/h2-8H,9H2,1H3,(H2,18,20)(H,19,21). The molecule has 2 aromatic carbocycles. The quantitative estimate of drug-likeness (QED) is 0.888. The van der Waals surface area contributed by atoms with Gasteiger partial charge in [0.1, 0.15) is 11.6 Å². The van der Waals surface area contributed by atoms with E-state index >= 15 is 0 Å². The monoisotopic (exact) mass is 302 g/mol. The maximum atomic E-state index is 13.2. The van der Waals surface area contributed by atoms with Crippen molar-refractivity contribution in [3.05, 3.63) is 59.4 Å². The molecule has 0 bridgehead atoms. The lowest BCUT2D eigenvalue weighted by Crippen LogP contribution is -2.20. The van der Waals surface area contributed by atoms with Gasteiger partial charge in [-0.3, -0.25) is 9.59 Å². The number of primary amides is 1. The van der Waals surface area contributed by atoms with E-state index in [1.165, 1.54) is 18.2 Å². The van der Waals surface area contributed by atoms with E-state index in [0.29, 0.717) is 17.0 Å². The van der Waals surface area contributed by atoms with Crippen LogP contribution in [0.4, 0.5) is 10.1 Å². The topological polar surface area (TPSA) is 81.4 Å². The first-order chi connectivity index (χ1) is 10.5. The largest absolute Gasteiger partial charge is 0.484 e. The van der Waals surface area contributed by atoms with Gasteiger partial charge in [-0.05, 0) is 42.8 Å². The number of carbonyl (C=O) groups excluding carboxylic acids is 2.